The minimum atomic E-state index is -0.433. The topological polar surface area (TPSA) is 35.5 Å². The maximum absolute atomic E-state index is 10.5. The van der Waals surface area contributed by atoms with E-state index in [2.05, 4.69) is 0 Å². The molecule has 2 rings (SSSR count). The van der Waals surface area contributed by atoms with Gasteiger partial charge in [0.2, 0.25) is 0 Å². The van der Waals surface area contributed by atoms with Gasteiger partial charge in [-0.25, -0.2) is 0 Å². The Morgan fingerprint density at radius 3 is 3.08 bits per heavy atom. The van der Waals surface area contributed by atoms with Crippen molar-refractivity contribution >= 4 is 6.29 Å². The van der Waals surface area contributed by atoms with Crippen LogP contribution in [0.15, 0.2) is 35.5 Å². The van der Waals surface area contributed by atoms with Crippen LogP contribution in [0.2, 0.25) is 0 Å². The number of ether oxygens (including phenoxy) is 2. The Balaban J connectivity index is 2.42. The van der Waals surface area contributed by atoms with Gasteiger partial charge in [-0.15, -0.1) is 0 Å². The lowest BCUT2D eigenvalue weighted by atomic mass is 10.1. The Kier molecular flexibility index (Phi) is 1.50. The highest BCUT2D eigenvalue weighted by atomic mass is 16.5. The molecule has 0 radical (unpaired) electrons. The Labute approximate surface area is 70.0 Å². The van der Waals surface area contributed by atoms with Crippen LogP contribution >= 0.6 is 0 Å². The smallest absolute Gasteiger partial charge is 0.176 e. The van der Waals surface area contributed by atoms with E-state index in [9.17, 15) is 4.79 Å². The highest BCUT2D eigenvalue weighted by Crippen LogP contribution is 2.31. The van der Waals surface area contributed by atoms with Crippen LogP contribution in [0.3, 0.4) is 0 Å². The second-order valence-electron chi connectivity index (χ2n) is 2.69. The molecule has 0 fully saturated rings. The molecule has 0 saturated heterocycles. The predicted octanol–water partition coefficient (Wildman–Crippen LogP) is 1.29. The van der Waals surface area contributed by atoms with Gasteiger partial charge >= 0.3 is 0 Å². The zero-order chi connectivity index (χ0) is 8.55. The number of carbonyl (C=O) groups is 1. The van der Waals surface area contributed by atoms with Crippen LogP contribution in [0.5, 0.6) is 0 Å². The van der Waals surface area contributed by atoms with Crippen molar-refractivity contribution in [3.63, 3.8) is 0 Å². The summed E-state index contributed by atoms with van der Waals surface area (Å²) in [4.78, 5) is 10.5. The average Bonchev–Trinajstić information content (AvgIpc) is 2.44. The third-order valence-electron chi connectivity index (χ3n) is 1.98. The number of rotatable bonds is 1. The minimum Gasteiger partial charge on any atom is -0.475 e. The zero-order valence-corrected chi connectivity index (χ0v) is 6.61. The largest absolute Gasteiger partial charge is 0.475 e. The van der Waals surface area contributed by atoms with E-state index in [0.29, 0.717) is 5.76 Å². The van der Waals surface area contributed by atoms with Crippen LogP contribution in [-0.2, 0) is 14.3 Å². The first kappa shape index (κ1) is 7.16. The Bertz CT molecular complexity index is 310. The molecule has 0 aromatic rings. The molecule has 3 nitrogen and oxygen atoms in total. The van der Waals surface area contributed by atoms with Crippen molar-refractivity contribution in [2.24, 2.45) is 0 Å². The molecule has 3 heteroatoms. The van der Waals surface area contributed by atoms with Crippen molar-refractivity contribution in [2.75, 3.05) is 0 Å². The number of fused-ring (bicyclic) bond motifs is 1. The monoisotopic (exact) mass is 164 g/mol. The van der Waals surface area contributed by atoms with Gasteiger partial charge in [0.1, 0.15) is 6.26 Å². The van der Waals surface area contributed by atoms with Crippen LogP contribution in [0, 0.1) is 0 Å². The van der Waals surface area contributed by atoms with E-state index in [0.717, 1.165) is 17.4 Å². The van der Waals surface area contributed by atoms with Crippen molar-refractivity contribution < 1.29 is 14.3 Å². The lowest BCUT2D eigenvalue weighted by molar-refractivity contribution is -0.113. The number of allylic oxidation sites excluding steroid dienone is 1. The molecule has 0 aromatic carbocycles. The van der Waals surface area contributed by atoms with Gasteiger partial charge in [0, 0.05) is 5.57 Å². The molecule has 0 aromatic heterocycles. The Hall–Kier alpha value is -1.51. The minimum absolute atomic E-state index is 0.433. The summed E-state index contributed by atoms with van der Waals surface area (Å²) in [5, 5.41) is 0. The molecule has 0 N–H and O–H groups in total. The quantitative estimate of drug-likeness (QED) is 0.548. The zero-order valence-electron chi connectivity index (χ0n) is 6.61. The van der Waals surface area contributed by atoms with Crippen LogP contribution in [0.25, 0.3) is 0 Å². The first-order chi connectivity index (χ1) is 5.83. The normalized spacial score (nSPS) is 25.8. The van der Waals surface area contributed by atoms with Crippen molar-refractivity contribution in [3.8, 4) is 0 Å². The van der Waals surface area contributed by atoms with Gasteiger partial charge in [0.25, 0.3) is 0 Å². The summed E-state index contributed by atoms with van der Waals surface area (Å²) >= 11 is 0. The summed E-state index contributed by atoms with van der Waals surface area (Å²) in [5.41, 5.74) is 1.90. The molecule has 0 saturated carbocycles. The van der Waals surface area contributed by atoms with Crippen molar-refractivity contribution in [2.45, 2.75) is 13.0 Å². The lowest BCUT2D eigenvalue weighted by Gasteiger charge is -2.06. The molecular formula is C9H8O3. The average molecular weight is 164 g/mol. The van der Waals surface area contributed by atoms with E-state index in [1.165, 1.54) is 6.26 Å². The fourth-order valence-electron chi connectivity index (χ4n) is 1.28. The third-order valence-corrected chi connectivity index (χ3v) is 1.98. The van der Waals surface area contributed by atoms with E-state index in [-0.39, 0.29) is 0 Å². The molecule has 0 aliphatic carbocycles. The molecule has 0 amide bonds. The number of carbonyl (C=O) groups excluding carboxylic acids is 1. The number of hydrogen-bond donors (Lipinski definition) is 0. The van der Waals surface area contributed by atoms with Crippen molar-refractivity contribution in [1.29, 1.82) is 0 Å². The van der Waals surface area contributed by atoms with Gasteiger partial charge in [0.05, 0.1) is 6.26 Å². The van der Waals surface area contributed by atoms with E-state index in [4.69, 9.17) is 9.47 Å². The highest BCUT2D eigenvalue weighted by Gasteiger charge is 2.27. The summed E-state index contributed by atoms with van der Waals surface area (Å²) in [5.74, 6) is 0.645. The molecule has 0 bridgehead atoms. The van der Waals surface area contributed by atoms with Crippen LogP contribution in [0.4, 0.5) is 0 Å². The van der Waals surface area contributed by atoms with Crippen LogP contribution in [0.1, 0.15) is 6.92 Å². The molecule has 2 heterocycles. The fourth-order valence-corrected chi connectivity index (χ4v) is 1.28. The Morgan fingerprint density at radius 2 is 2.42 bits per heavy atom. The van der Waals surface area contributed by atoms with E-state index in [1.54, 1.807) is 12.3 Å². The Morgan fingerprint density at radius 1 is 1.58 bits per heavy atom. The van der Waals surface area contributed by atoms with Crippen molar-refractivity contribution in [1.82, 2.24) is 0 Å². The van der Waals surface area contributed by atoms with E-state index >= 15 is 0 Å². The third kappa shape index (κ3) is 0.863. The molecule has 2 aliphatic heterocycles. The number of hydrogen-bond acceptors (Lipinski definition) is 3. The first-order valence-corrected chi connectivity index (χ1v) is 3.68. The van der Waals surface area contributed by atoms with Gasteiger partial charge < -0.3 is 9.47 Å². The molecular weight excluding hydrogens is 156 g/mol. The highest BCUT2D eigenvalue weighted by molar-refractivity contribution is 5.67. The maximum atomic E-state index is 10.5. The lowest BCUT2D eigenvalue weighted by Crippen LogP contribution is -2.08. The van der Waals surface area contributed by atoms with Crippen molar-refractivity contribution in [3.05, 3.63) is 35.5 Å². The van der Waals surface area contributed by atoms with Gasteiger partial charge in [-0.3, -0.25) is 4.79 Å². The molecule has 62 valence electrons. The van der Waals surface area contributed by atoms with Crippen LogP contribution < -0.4 is 0 Å². The number of aldehydes is 1. The fraction of sp³-hybridized carbons (Fsp3) is 0.222. The summed E-state index contributed by atoms with van der Waals surface area (Å²) in [7, 11) is 0. The van der Waals surface area contributed by atoms with Crippen LogP contribution in [-0.4, -0.2) is 12.4 Å². The molecule has 0 spiro atoms. The van der Waals surface area contributed by atoms with Gasteiger partial charge in [-0.2, -0.15) is 0 Å². The van der Waals surface area contributed by atoms with E-state index < -0.39 is 6.10 Å². The molecule has 1 unspecified atom stereocenters. The molecule has 1 atom stereocenters. The molecule has 2 aliphatic rings. The van der Waals surface area contributed by atoms with Gasteiger partial charge in [-0.05, 0) is 18.6 Å². The summed E-state index contributed by atoms with van der Waals surface area (Å²) in [6.07, 6.45) is 5.22. The summed E-state index contributed by atoms with van der Waals surface area (Å²) in [6.45, 7) is 1.88. The second kappa shape index (κ2) is 2.52. The summed E-state index contributed by atoms with van der Waals surface area (Å²) in [6, 6.07) is 0. The van der Waals surface area contributed by atoms with E-state index in [1.807, 2.05) is 6.92 Å². The standard InChI is InChI=1S/C9H8O3/c1-6-7-2-3-11-5-9(7)12-8(6)4-10/h2-5,8H,1H3. The SMILES string of the molecule is CC1=C2C=COC=C2OC1C=O. The maximum Gasteiger partial charge on any atom is 0.176 e. The molecule has 12 heavy (non-hydrogen) atoms. The predicted molar refractivity (Wildman–Crippen MR) is 41.9 cm³/mol. The second-order valence-corrected chi connectivity index (χ2v) is 2.69. The van der Waals surface area contributed by atoms with Gasteiger partial charge in [0.15, 0.2) is 18.1 Å². The summed E-state index contributed by atoms with van der Waals surface area (Å²) < 4.78 is 10.2. The van der Waals surface area contributed by atoms with Gasteiger partial charge in [-0.1, -0.05) is 0 Å². The first-order valence-electron chi connectivity index (χ1n) is 3.68.